The average molecular weight is 525 g/mol. The van der Waals surface area contributed by atoms with Gasteiger partial charge in [-0.05, 0) is 87.8 Å². The summed E-state index contributed by atoms with van der Waals surface area (Å²) in [6.07, 6.45) is 13.4. The normalized spacial score (nSPS) is 21.0. The minimum atomic E-state index is -4.12. The van der Waals surface area contributed by atoms with E-state index in [1.807, 2.05) is 20.8 Å². The fraction of sp³-hybridized carbons (Fsp3) is 0.800. The van der Waals surface area contributed by atoms with Gasteiger partial charge in [0.15, 0.2) is 0 Å². The Morgan fingerprint density at radius 2 is 1.47 bits per heavy atom. The smallest absolute Gasteiger partial charge is 0.487 e. The van der Waals surface area contributed by atoms with Gasteiger partial charge in [0, 0.05) is 12.7 Å². The molecule has 4 atom stereocenters. The molecule has 1 aliphatic heterocycles. The molecule has 0 spiro atoms. The molecule has 0 aromatic heterocycles. The molecule has 1 N–H and O–H groups in total. The van der Waals surface area contributed by atoms with Gasteiger partial charge in [0.05, 0.1) is 0 Å². The van der Waals surface area contributed by atoms with Crippen molar-refractivity contribution in [2.24, 2.45) is 17.8 Å². The van der Waals surface area contributed by atoms with E-state index in [0.29, 0.717) is 5.75 Å². The Kier molecular flexibility index (Phi) is 11.8. The number of rotatable bonds is 15. The van der Waals surface area contributed by atoms with Gasteiger partial charge >= 0.3 is 7.82 Å². The average Bonchev–Trinajstić information content (AvgIpc) is 2.80. The van der Waals surface area contributed by atoms with Gasteiger partial charge in [-0.15, -0.1) is 0 Å². The molecule has 0 saturated carbocycles. The van der Waals surface area contributed by atoms with Crippen molar-refractivity contribution < 1.29 is 23.2 Å². The zero-order chi connectivity index (χ0) is 27.1. The van der Waals surface area contributed by atoms with Crippen LogP contribution in [0, 0.1) is 38.5 Å². The standard InChI is InChI=1S/C30H53O5P/c1-21(2)13-10-14-22(3)15-11-16-23(4)17-12-19-30(8)20-18-27-26(7)28(35-36(31,32)33-9)24(5)25(6)29(27)34-30/h21-23H,10-20H2,1-9H3,(H,31,32)/t22-,23-,30?/m1/s1. The first-order chi connectivity index (χ1) is 16.8. The van der Waals surface area contributed by atoms with Crippen molar-refractivity contribution >= 4 is 7.82 Å². The highest BCUT2D eigenvalue weighted by molar-refractivity contribution is 7.47. The molecule has 0 saturated heterocycles. The van der Waals surface area contributed by atoms with Crippen molar-refractivity contribution in [1.82, 2.24) is 0 Å². The summed E-state index contributed by atoms with van der Waals surface area (Å²) in [5.74, 6) is 3.80. The second-order valence-electron chi connectivity index (χ2n) is 12.2. The first kappa shape index (κ1) is 31.2. The van der Waals surface area contributed by atoms with Gasteiger partial charge in [-0.25, -0.2) is 4.57 Å². The van der Waals surface area contributed by atoms with Crippen LogP contribution in [0.5, 0.6) is 11.5 Å². The van der Waals surface area contributed by atoms with Crippen LogP contribution in [0.2, 0.25) is 0 Å². The summed E-state index contributed by atoms with van der Waals surface area (Å²) in [6, 6.07) is 0. The van der Waals surface area contributed by atoms with E-state index in [9.17, 15) is 9.46 Å². The minimum absolute atomic E-state index is 0.178. The van der Waals surface area contributed by atoms with E-state index in [1.165, 1.54) is 58.5 Å². The van der Waals surface area contributed by atoms with Crippen LogP contribution in [0.3, 0.4) is 0 Å². The van der Waals surface area contributed by atoms with E-state index in [4.69, 9.17) is 9.26 Å². The molecule has 2 unspecified atom stereocenters. The lowest BCUT2D eigenvalue weighted by atomic mass is 9.84. The summed E-state index contributed by atoms with van der Waals surface area (Å²) in [5, 5.41) is 0. The molecule has 0 radical (unpaired) electrons. The molecular weight excluding hydrogens is 471 g/mol. The van der Waals surface area contributed by atoms with Crippen LogP contribution in [0.4, 0.5) is 0 Å². The summed E-state index contributed by atoms with van der Waals surface area (Å²) in [6.45, 7) is 17.6. The number of hydrogen-bond acceptors (Lipinski definition) is 4. The van der Waals surface area contributed by atoms with Gasteiger partial charge in [0.2, 0.25) is 0 Å². The Bertz CT molecular complexity index is 896. The molecule has 208 valence electrons. The highest BCUT2D eigenvalue weighted by Gasteiger charge is 2.35. The van der Waals surface area contributed by atoms with Crippen LogP contribution in [-0.2, 0) is 15.5 Å². The summed E-state index contributed by atoms with van der Waals surface area (Å²) >= 11 is 0. The lowest BCUT2D eigenvalue weighted by molar-refractivity contribution is 0.0512. The van der Waals surface area contributed by atoms with Crippen LogP contribution in [0.1, 0.15) is 121 Å². The molecule has 5 nitrogen and oxygen atoms in total. The van der Waals surface area contributed by atoms with Crippen molar-refractivity contribution in [3.8, 4) is 11.5 Å². The Hall–Kier alpha value is -1.03. The van der Waals surface area contributed by atoms with Crippen molar-refractivity contribution in [3.63, 3.8) is 0 Å². The minimum Gasteiger partial charge on any atom is -0.487 e. The van der Waals surface area contributed by atoms with Gasteiger partial charge in [-0.2, -0.15) is 0 Å². The molecule has 1 aromatic carbocycles. The summed E-state index contributed by atoms with van der Waals surface area (Å²) in [5.41, 5.74) is 3.58. The van der Waals surface area contributed by atoms with E-state index in [1.54, 1.807) is 0 Å². The molecule has 36 heavy (non-hydrogen) atoms. The van der Waals surface area contributed by atoms with Gasteiger partial charge < -0.3 is 9.26 Å². The van der Waals surface area contributed by atoms with Crippen LogP contribution >= 0.6 is 7.82 Å². The molecule has 1 aliphatic rings. The number of hydrogen-bond donors (Lipinski definition) is 1. The van der Waals surface area contributed by atoms with Crippen LogP contribution in [0.15, 0.2) is 0 Å². The van der Waals surface area contributed by atoms with Crippen molar-refractivity contribution in [2.75, 3.05) is 7.11 Å². The number of fused-ring (bicyclic) bond motifs is 1. The summed E-state index contributed by atoms with van der Waals surface area (Å²) in [7, 11) is -2.94. The monoisotopic (exact) mass is 524 g/mol. The molecule has 6 heteroatoms. The molecule has 0 amide bonds. The Morgan fingerprint density at radius 1 is 0.917 bits per heavy atom. The first-order valence-electron chi connectivity index (χ1n) is 14.2. The largest absolute Gasteiger partial charge is 0.527 e. The zero-order valence-corrected chi connectivity index (χ0v) is 25.4. The second kappa shape index (κ2) is 13.7. The van der Waals surface area contributed by atoms with Crippen molar-refractivity contribution in [3.05, 3.63) is 22.3 Å². The molecule has 0 bridgehead atoms. The highest BCUT2D eigenvalue weighted by Crippen LogP contribution is 2.50. The van der Waals surface area contributed by atoms with E-state index in [0.717, 1.165) is 65.0 Å². The fourth-order valence-electron chi connectivity index (χ4n) is 5.55. The predicted molar refractivity (Wildman–Crippen MR) is 150 cm³/mol. The maximum atomic E-state index is 12.1. The maximum Gasteiger partial charge on any atom is 0.527 e. The third-order valence-electron chi connectivity index (χ3n) is 8.28. The van der Waals surface area contributed by atoms with Gasteiger partial charge in [0.25, 0.3) is 0 Å². The Balaban J connectivity index is 1.87. The Morgan fingerprint density at radius 3 is 2.03 bits per heavy atom. The van der Waals surface area contributed by atoms with Crippen LogP contribution in [0.25, 0.3) is 0 Å². The quantitative estimate of drug-likeness (QED) is 0.232. The Labute approximate surface area is 221 Å². The zero-order valence-electron chi connectivity index (χ0n) is 24.5. The van der Waals surface area contributed by atoms with E-state index in [2.05, 4.69) is 39.1 Å². The summed E-state index contributed by atoms with van der Waals surface area (Å²) < 4.78 is 28.8. The number of benzene rings is 1. The van der Waals surface area contributed by atoms with E-state index >= 15 is 0 Å². The topological polar surface area (TPSA) is 65.0 Å². The highest BCUT2D eigenvalue weighted by atomic mass is 31.2. The number of phosphoric acid groups is 1. The molecule has 1 heterocycles. The van der Waals surface area contributed by atoms with Gasteiger partial charge in [-0.1, -0.05) is 72.6 Å². The second-order valence-corrected chi connectivity index (χ2v) is 13.6. The fourth-order valence-corrected chi connectivity index (χ4v) is 6.13. The first-order valence-corrected chi connectivity index (χ1v) is 15.7. The lowest BCUT2D eigenvalue weighted by Gasteiger charge is -2.38. The van der Waals surface area contributed by atoms with Crippen molar-refractivity contribution in [2.45, 2.75) is 132 Å². The number of ether oxygens (including phenoxy) is 1. The SMILES string of the molecule is COP(=O)(O)Oc1c(C)c(C)c2c(c1C)CCC(C)(CCC[C@H](C)CCC[C@H](C)CCCC(C)C)O2. The van der Waals surface area contributed by atoms with E-state index in [-0.39, 0.29) is 5.60 Å². The van der Waals surface area contributed by atoms with Crippen LogP contribution in [-0.4, -0.2) is 17.6 Å². The molecule has 1 aromatic rings. The lowest BCUT2D eigenvalue weighted by Crippen LogP contribution is -2.37. The predicted octanol–water partition coefficient (Wildman–Crippen LogP) is 9.26. The van der Waals surface area contributed by atoms with Crippen LogP contribution < -0.4 is 9.26 Å². The summed E-state index contributed by atoms with van der Waals surface area (Å²) in [4.78, 5) is 9.86. The van der Waals surface area contributed by atoms with Gasteiger partial charge in [-0.3, -0.25) is 9.42 Å². The third-order valence-corrected chi connectivity index (χ3v) is 9.15. The van der Waals surface area contributed by atoms with Crippen molar-refractivity contribution in [1.29, 1.82) is 0 Å². The molecule has 0 fully saturated rings. The number of phosphoric ester groups is 1. The molecule has 2 rings (SSSR count). The van der Waals surface area contributed by atoms with Gasteiger partial charge in [0.1, 0.15) is 17.1 Å². The molecular formula is C30H53O5P. The molecule has 0 aliphatic carbocycles. The maximum absolute atomic E-state index is 12.1. The third kappa shape index (κ3) is 9.07. The van der Waals surface area contributed by atoms with E-state index < -0.39 is 7.82 Å².